The van der Waals surface area contributed by atoms with Crippen LogP contribution in [0.2, 0.25) is 0 Å². The van der Waals surface area contributed by atoms with Crippen molar-refractivity contribution in [1.29, 1.82) is 0 Å². The van der Waals surface area contributed by atoms with Gasteiger partial charge in [-0.2, -0.15) is 0 Å². The van der Waals surface area contributed by atoms with Crippen LogP contribution in [0.1, 0.15) is 28.9 Å². The number of carbonyl (C=O) groups is 2. The minimum absolute atomic E-state index is 0.138. The van der Waals surface area contributed by atoms with Crippen molar-refractivity contribution >= 4 is 23.6 Å². The van der Waals surface area contributed by atoms with Gasteiger partial charge < -0.3 is 19.9 Å². The predicted octanol–water partition coefficient (Wildman–Crippen LogP) is 3.08. The maximum atomic E-state index is 12.2. The number of carboxylic acid groups (broad SMARTS) is 1. The first-order chi connectivity index (χ1) is 12.0. The van der Waals surface area contributed by atoms with Crippen molar-refractivity contribution in [3.8, 4) is 11.5 Å². The van der Waals surface area contributed by atoms with Crippen LogP contribution in [0, 0.1) is 0 Å². The van der Waals surface area contributed by atoms with Gasteiger partial charge in [0.05, 0.1) is 17.4 Å². The van der Waals surface area contributed by atoms with Crippen LogP contribution in [-0.2, 0) is 4.79 Å². The Bertz CT molecular complexity index is 808. The lowest BCUT2D eigenvalue weighted by Crippen LogP contribution is -2.28. The van der Waals surface area contributed by atoms with E-state index in [0.717, 1.165) is 5.56 Å². The van der Waals surface area contributed by atoms with Gasteiger partial charge in [-0.25, -0.2) is 4.79 Å². The number of rotatable bonds is 6. The number of hydrogen-bond acceptors (Lipinski definition) is 5. The van der Waals surface area contributed by atoms with Gasteiger partial charge in [-0.3, -0.25) is 4.79 Å². The number of fused-ring (bicyclic) bond motifs is 1. The lowest BCUT2D eigenvalue weighted by Gasteiger charge is -2.15. The number of carbonyl (C=O) groups excluding carboxylic acids is 1. The van der Waals surface area contributed by atoms with Crippen LogP contribution in [0.15, 0.2) is 47.4 Å². The second-order valence-electron chi connectivity index (χ2n) is 5.49. The van der Waals surface area contributed by atoms with Gasteiger partial charge in [-0.1, -0.05) is 18.2 Å². The van der Waals surface area contributed by atoms with E-state index in [9.17, 15) is 9.59 Å². The van der Waals surface area contributed by atoms with Crippen molar-refractivity contribution < 1.29 is 24.2 Å². The Hall–Kier alpha value is -2.67. The average molecular weight is 359 g/mol. The number of carboxylic acids is 1. The van der Waals surface area contributed by atoms with Crippen LogP contribution in [0.3, 0.4) is 0 Å². The number of ether oxygens (including phenoxy) is 2. The molecule has 0 unspecified atom stereocenters. The average Bonchev–Trinajstić information content (AvgIpc) is 3.07. The fraction of sp³-hybridized carbons (Fsp3) is 0.222. The third-order valence-electron chi connectivity index (χ3n) is 3.75. The number of amides is 1. The smallest absolute Gasteiger partial charge is 0.336 e. The zero-order chi connectivity index (χ0) is 17.8. The van der Waals surface area contributed by atoms with Gasteiger partial charge in [-0.15, -0.1) is 11.8 Å². The standard InChI is InChI=1S/C18H17NO5S/c1-11(12-6-7-14-15(8-12)24-10-23-14)19-17(20)9-25-16-5-3-2-4-13(16)18(21)22/h2-8,11H,9-10H2,1H3,(H,19,20)(H,21,22)/t11-/m0/s1. The first-order valence-electron chi connectivity index (χ1n) is 7.68. The molecule has 130 valence electrons. The van der Waals surface area contributed by atoms with Gasteiger partial charge in [0.25, 0.3) is 0 Å². The number of hydrogen-bond donors (Lipinski definition) is 2. The Kier molecular flexibility index (Phi) is 5.14. The fourth-order valence-corrected chi connectivity index (χ4v) is 3.32. The molecule has 6 nitrogen and oxygen atoms in total. The Balaban J connectivity index is 1.58. The zero-order valence-corrected chi connectivity index (χ0v) is 14.3. The van der Waals surface area contributed by atoms with E-state index >= 15 is 0 Å². The first-order valence-corrected chi connectivity index (χ1v) is 8.67. The second-order valence-corrected chi connectivity index (χ2v) is 6.51. The van der Waals surface area contributed by atoms with Crippen LogP contribution >= 0.6 is 11.8 Å². The molecule has 0 bridgehead atoms. The lowest BCUT2D eigenvalue weighted by molar-refractivity contribution is -0.119. The maximum Gasteiger partial charge on any atom is 0.336 e. The molecule has 1 heterocycles. The highest BCUT2D eigenvalue weighted by molar-refractivity contribution is 8.00. The summed E-state index contributed by atoms with van der Waals surface area (Å²) < 4.78 is 10.6. The molecule has 0 spiro atoms. The van der Waals surface area contributed by atoms with Crippen molar-refractivity contribution in [3.05, 3.63) is 53.6 Å². The minimum Gasteiger partial charge on any atom is -0.478 e. The number of thioether (sulfide) groups is 1. The van der Waals surface area contributed by atoms with E-state index in [1.165, 1.54) is 17.8 Å². The van der Waals surface area contributed by atoms with Gasteiger partial charge in [0.1, 0.15) is 0 Å². The molecule has 2 N–H and O–H groups in total. The Labute approximate surface area is 149 Å². The Morgan fingerprint density at radius 3 is 2.76 bits per heavy atom. The summed E-state index contributed by atoms with van der Waals surface area (Å²) in [5.74, 6) is 0.332. The van der Waals surface area contributed by atoms with Crippen molar-refractivity contribution in [2.75, 3.05) is 12.5 Å². The van der Waals surface area contributed by atoms with Gasteiger partial charge in [0.2, 0.25) is 12.7 Å². The lowest BCUT2D eigenvalue weighted by atomic mass is 10.1. The van der Waals surface area contributed by atoms with E-state index in [-0.39, 0.29) is 30.1 Å². The number of benzene rings is 2. The fourth-order valence-electron chi connectivity index (χ4n) is 2.46. The normalized spacial score (nSPS) is 13.3. The summed E-state index contributed by atoms with van der Waals surface area (Å²) in [6.07, 6.45) is 0. The molecule has 0 saturated carbocycles. The molecule has 0 saturated heterocycles. The van der Waals surface area contributed by atoms with E-state index in [1.54, 1.807) is 18.2 Å². The largest absolute Gasteiger partial charge is 0.478 e. The third-order valence-corrected chi connectivity index (χ3v) is 4.82. The van der Waals surface area contributed by atoms with Crippen LogP contribution in [0.5, 0.6) is 11.5 Å². The quantitative estimate of drug-likeness (QED) is 0.771. The maximum absolute atomic E-state index is 12.2. The number of aromatic carboxylic acids is 1. The van der Waals surface area contributed by atoms with E-state index < -0.39 is 5.97 Å². The van der Waals surface area contributed by atoms with Gasteiger partial charge >= 0.3 is 5.97 Å². The van der Waals surface area contributed by atoms with Crippen molar-refractivity contribution in [2.24, 2.45) is 0 Å². The Morgan fingerprint density at radius 2 is 1.96 bits per heavy atom. The van der Waals surface area contributed by atoms with Crippen molar-refractivity contribution in [3.63, 3.8) is 0 Å². The van der Waals surface area contributed by atoms with Gasteiger partial charge in [-0.05, 0) is 36.8 Å². The summed E-state index contributed by atoms with van der Waals surface area (Å²) in [7, 11) is 0. The van der Waals surface area contributed by atoms with Gasteiger partial charge in [0.15, 0.2) is 11.5 Å². The molecule has 1 aliphatic heterocycles. The number of nitrogens with one attached hydrogen (secondary N) is 1. The SMILES string of the molecule is C[C@H](NC(=O)CSc1ccccc1C(=O)O)c1ccc2c(c1)OCO2. The molecule has 1 amide bonds. The summed E-state index contributed by atoms with van der Waals surface area (Å²) in [5.41, 5.74) is 1.11. The molecular formula is C18H17NO5S. The second kappa shape index (κ2) is 7.48. The van der Waals surface area contributed by atoms with Crippen LogP contribution in [0.25, 0.3) is 0 Å². The predicted molar refractivity (Wildman–Crippen MR) is 93.2 cm³/mol. The molecular weight excluding hydrogens is 342 g/mol. The summed E-state index contributed by atoms with van der Waals surface area (Å²) in [4.78, 5) is 23.9. The van der Waals surface area contributed by atoms with Crippen molar-refractivity contribution in [2.45, 2.75) is 17.9 Å². The third kappa shape index (κ3) is 4.06. The summed E-state index contributed by atoms with van der Waals surface area (Å²) in [5, 5.41) is 12.1. The molecule has 0 aromatic heterocycles. The van der Waals surface area contributed by atoms with E-state index in [0.29, 0.717) is 16.4 Å². The highest BCUT2D eigenvalue weighted by atomic mass is 32.2. The molecule has 0 aliphatic carbocycles. The topological polar surface area (TPSA) is 84.9 Å². The Morgan fingerprint density at radius 1 is 1.20 bits per heavy atom. The minimum atomic E-state index is -1.00. The monoisotopic (exact) mass is 359 g/mol. The summed E-state index contributed by atoms with van der Waals surface area (Å²) in [6, 6.07) is 12.0. The summed E-state index contributed by atoms with van der Waals surface area (Å²) >= 11 is 1.20. The molecule has 1 atom stereocenters. The molecule has 1 aliphatic rings. The zero-order valence-electron chi connectivity index (χ0n) is 13.5. The van der Waals surface area contributed by atoms with Crippen LogP contribution in [0.4, 0.5) is 0 Å². The summed E-state index contributed by atoms with van der Waals surface area (Å²) in [6.45, 7) is 2.09. The molecule has 2 aromatic carbocycles. The van der Waals surface area contributed by atoms with Crippen LogP contribution in [-0.4, -0.2) is 29.5 Å². The van der Waals surface area contributed by atoms with Crippen molar-refractivity contribution in [1.82, 2.24) is 5.32 Å². The van der Waals surface area contributed by atoms with E-state index in [2.05, 4.69) is 5.32 Å². The highest BCUT2D eigenvalue weighted by Gasteiger charge is 2.17. The van der Waals surface area contributed by atoms with E-state index in [1.807, 2.05) is 25.1 Å². The van der Waals surface area contributed by atoms with E-state index in [4.69, 9.17) is 14.6 Å². The van der Waals surface area contributed by atoms with Gasteiger partial charge in [0, 0.05) is 4.90 Å². The van der Waals surface area contributed by atoms with Crippen LogP contribution < -0.4 is 14.8 Å². The molecule has 7 heteroatoms. The molecule has 2 aromatic rings. The molecule has 0 fully saturated rings. The molecule has 0 radical (unpaired) electrons. The molecule has 25 heavy (non-hydrogen) atoms. The first kappa shape index (κ1) is 17.2. The highest BCUT2D eigenvalue weighted by Crippen LogP contribution is 2.34. The molecule has 3 rings (SSSR count).